The molecule has 1 amide bonds. The fraction of sp³-hybridized carbons (Fsp3) is 0.632. The lowest BCUT2D eigenvalue weighted by Gasteiger charge is -2.43. The third kappa shape index (κ3) is 3.46. The molecule has 2 heterocycles. The number of nitrogens with zero attached hydrogens (tertiary/aromatic N) is 1. The zero-order chi connectivity index (χ0) is 17.0. The molecule has 1 aromatic carbocycles. The predicted octanol–water partition coefficient (Wildman–Crippen LogP) is 2.85. The van der Waals surface area contributed by atoms with Crippen LogP contribution in [0.3, 0.4) is 0 Å². The number of hydrogen-bond acceptors (Lipinski definition) is 3. The summed E-state index contributed by atoms with van der Waals surface area (Å²) in [6, 6.07) is 7.81. The first-order valence-electron chi connectivity index (χ1n) is 8.94. The molecule has 4 nitrogen and oxygen atoms in total. The van der Waals surface area contributed by atoms with Gasteiger partial charge in [0.15, 0.2) is 0 Å². The number of carbonyl (C=O) groups is 1. The van der Waals surface area contributed by atoms with Crippen LogP contribution >= 0.6 is 11.6 Å². The van der Waals surface area contributed by atoms with Gasteiger partial charge in [0.2, 0.25) is 5.91 Å². The van der Waals surface area contributed by atoms with Crippen LogP contribution in [0, 0.1) is 5.92 Å². The van der Waals surface area contributed by atoms with Crippen molar-refractivity contribution in [3.63, 3.8) is 0 Å². The van der Waals surface area contributed by atoms with E-state index in [9.17, 15) is 4.79 Å². The predicted molar refractivity (Wildman–Crippen MR) is 96.4 cm³/mol. The fourth-order valence-corrected chi connectivity index (χ4v) is 4.49. The highest BCUT2D eigenvalue weighted by Crippen LogP contribution is 2.40. The molecule has 2 fully saturated rings. The number of ether oxygens (including phenoxy) is 1. The van der Waals surface area contributed by atoms with Gasteiger partial charge in [0.1, 0.15) is 0 Å². The Morgan fingerprint density at radius 3 is 2.83 bits per heavy atom. The van der Waals surface area contributed by atoms with Gasteiger partial charge in [-0.15, -0.1) is 0 Å². The molecule has 0 aliphatic carbocycles. The topological polar surface area (TPSA) is 41.6 Å². The molecular formula is C19H27ClN2O2. The largest absolute Gasteiger partial charge is 0.381 e. The average Bonchev–Trinajstić information content (AvgIpc) is 2.62. The molecule has 24 heavy (non-hydrogen) atoms. The summed E-state index contributed by atoms with van der Waals surface area (Å²) in [5, 5.41) is 3.94. The molecule has 0 radical (unpaired) electrons. The molecule has 2 aliphatic rings. The van der Waals surface area contributed by atoms with E-state index in [1.54, 1.807) is 0 Å². The first kappa shape index (κ1) is 17.7. The van der Waals surface area contributed by atoms with E-state index in [-0.39, 0.29) is 5.91 Å². The van der Waals surface area contributed by atoms with Gasteiger partial charge in [0.05, 0.1) is 5.41 Å². The lowest BCUT2D eigenvalue weighted by atomic mass is 9.72. The summed E-state index contributed by atoms with van der Waals surface area (Å²) in [6.07, 6.45) is 3.69. The maximum Gasteiger partial charge on any atom is 0.233 e. The number of piperidine rings is 1. The van der Waals surface area contributed by atoms with E-state index in [2.05, 4.69) is 10.2 Å². The Morgan fingerprint density at radius 1 is 1.38 bits per heavy atom. The number of carbonyl (C=O) groups excluding carboxylic acids is 1. The second-order valence-corrected chi connectivity index (χ2v) is 7.40. The van der Waals surface area contributed by atoms with Crippen LogP contribution in [0.4, 0.5) is 0 Å². The summed E-state index contributed by atoms with van der Waals surface area (Å²) in [4.78, 5) is 15.6. The number of halogens is 1. The number of benzene rings is 1. The van der Waals surface area contributed by atoms with Crippen molar-refractivity contribution in [2.75, 3.05) is 39.9 Å². The normalized spacial score (nSPS) is 23.9. The zero-order valence-corrected chi connectivity index (χ0v) is 15.1. The molecule has 1 aromatic rings. The standard InChI is InChI=1S/C19H27ClN2O2/c1-21-13-15-5-4-10-22(14-15)18(23)19(8-11-24-12-9-19)16-6-2-3-7-17(16)20/h2-3,6-7,15,21H,4-5,8-14H2,1H3/t15-/m1/s1. The highest BCUT2D eigenvalue weighted by Gasteiger charge is 2.45. The minimum atomic E-state index is -0.530. The van der Waals surface area contributed by atoms with E-state index in [4.69, 9.17) is 16.3 Å². The quantitative estimate of drug-likeness (QED) is 0.907. The maximum absolute atomic E-state index is 13.6. The number of nitrogens with one attached hydrogen (secondary N) is 1. The van der Waals surface area contributed by atoms with E-state index in [1.807, 2.05) is 31.3 Å². The Kier molecular flexibility index (Phi) is 5.80. The van der Waals surface area contributed by atoms with Gasteiger partial charge in [0, 0.05) is 31.3 Å². The van der Waals surface area contributed by atoms with Gasteiger partial charge in [-0.25, -0.2) is 0 Å². The second kappa shape index (κ2) is 7.85. The summed E-state index contributed by atoms with van der Waals surface area (Å²) in [5.74, 6) is 0.774. The Labute approximate surface area is 149 Å². The summed E-state index contributed by atoms with van der Waals surface area (Å²) >= 11 is 6.49. The van der Waals surface area contributed by atoms with Crippen LogP contribution in [0.5, 0.6) is 0 Å². The minimum absolute atomic E-state index is 0.236. The third-order valence-corrected chi connectivity index (χ3v) is 5.77. The van der Waals surface area contributed by atoms with Crippen molar-refractivity contribution in [2.24, 2.45) is 5.92 Å². The summed E-state index contributed by atoms with van der Waals surface area (Å²) < 4.78 is 5.56. The molecule has 2 aliphatic heterocycles. The molecule has 0 bridgehead atoms. The number of likely N-dealkylation sites (tertiary alicyclic amines) is 1. The Morgan fingerprint density at radius 2 is 2.12 bits per heavy atom. The van der Waals surface area contributed by atoms with E-state index in [1.165, 1.54) is 6.42 Å². The smallest absolute Gasteiger partial charge is 0.233 e. The van der Waals surface area contributed by atoms with Gasteiger partial charge in [-0.05, 0) is 56.8 Å². The Bertz CT molecular complexity index is 570. The Balaban J connectivity index is 1.88. The average molecular weight is 351 g/mol. The van der Waals surface area contributed by atoms with E-state index < -0.39 is 5.41 Å². The van der Waals surface area contributed by atoms with Gasteiger partial charge in [-0.2, -0.15) is 0 Å². The van der Waals surface area contributed by atoms with Crippen molar-refractivity contribution < 1.29 is 9.53 Å². The fourth-order valence-electron chi connectivity index (χ4n) is 4.18. The van der Waals surface area contributed by atoms with Crippen LogP contribution < -0.4 is 5.32 Å². The highest BCUT2D eigenvalue weighted by molar-refractivity contribution is 6.31. The number of amides is 1. The van der Waals surface area contributed by atoms with Gasteiger partial charge in [-0.1, -0.05) is 29.8 Å². The van der Waals surface area contributed by atoms with Crippen molar-refractivity contribution >= 4 is 17.5 Å². The van der Waals surface area contributed by atoms with Crippen LogP contribution in [0.2, 0.25) is 5.02 Å². The Hall–Kier alpha value is -1.10. The van der Waals surface area contributed by atoms with Crippen LogP contribution in [0.1, 0.15) is 31.2 Å². The molecule has 5 heteroatoms. The van der Waals surface area contributed by atoms with Crippen molar-refractivity contribution in [3.05, 3.63) is 34.9 Å². The summed E-state index contributed by atoms with van der Waals surface area (Å²) in [5.41, 5.74) is 0.439. The molecule has 1 N–H and O–H groups in total. The molecule has 132 valence electrons. The molecule has 3 rings (SSSR count). The van der Waals surface area contributed by atoms with Crippen molar-refractivity contribution in [3.8, 4) is 0 Å². The molecule has 0 aromatic heterocycles. The zero-order valence-electron chi connectivity index (χ0n) is 14.4. The van der Waals surface area contributed by atoms with Crippen molar-refractivity contribution in [1.29, 1.82) is 0 Å². The molecular weight excluding hydrogens is 324 g/mol. The lowest BCUT2D eigenvalue weighted by Crippen LogP contribution is -2.53. The summed E-state index contributed by atoms with van der Waals surface area (Å²) in [7, 11) is 1.98. The van der Waals surface area contributed by atoms with Gasteiger partial charge in [-0.3, -0.25) is 4.79 Å². The number of rotatable bonds is 4. The number of hydrogen-bond donors (Lipinski definition) is 1. The molecule has 0 spiro atoms. The second-order valence-electron chi connectivity index (χ2n) is 6.99. The van der Waals surface area contributed by atoms with E-state index >= 15 is 0 Å². The SMILES string of the molecule is CNC[C@H]1CCCN(C(=O)C2(c3ccccc3Cl)CCOCC2)C1. The molecule has 2 saturated heterocycles. The maximum atomic E-state index is 13.6. The van der Waals surface area contributed by atoms with Crippen molar-refractivity contribution in [1.82, 2.24) is 10.2 Å². The van der Waals surface area contributed by atoms with E-state index in [0.29, 0.717) is 37.0 Å². The summed E-state index contributed by atoms with van der Waals surface area (Å²) in [6.45, 7) is 3.89. The van der Waals surface area contributed by atoms with Gasteiger partial charge < -0.3 is 15.0 Å². The first-order chi connectivity index (χ1) is 11.7. The van der Waals surface area contributed by atoms with Crippen molar-refractivity contribution in [2.45, 2.75) is 31.1 Å². The molecule has 0 saturated carbocycles. The molecule has 1 atom stereocenters. The van der Waals surface area contributed by atoms with Gasteiger partial charge >= 0.3 is 0 Å². The third-order valence-electron chi connectivity index (χ3n) is 5.44. The van der Waals surface area contributed by atoms with Crippen LogP contribution in [0.15, 0.2) is 24.3 Å². The highest BCUT2D eigenvalue weighted by atomic mass is 35.5. The van der Waals surface area contributed by atoms with E-state index in [0.717, 1.165) is 31.6 Å². The van der Waals surface area contributed by atoms with Gasteiger partial charge in [0.25, 0.3) is 0 Å². The van der Waals surface area contributed by atoms with Crippen LogP contribution in [-0.4, -0.2) is 50.7 Å². The van der Waals surface area contributed by atoms with Crippen LogP contribution in [0.25, 0.3) is 0 Å². The monoisotopic (exact) mass is 350 g/mol. The molecule has 0 unspecified atom stereocenters. The minimum Gasteiger partial charge on any atom is -0.381 e. The van der Waals surface area contributed by atoms with Crippen LogP contribution in [-0.2, 0) is 14.9 Å². The first-order valence-corrected chi connectivity index (χ1v) is 9.32. The lowest BCUT2D eigenvalue weighted by molar-refractivity contribution is -0.143.